The molecule has 2 aromatic heterocycles. The SMILES string of the molecule is CNC(C)c1ccc(Sc2ncccc2Cl)cn1. The number of pyridine rings is 2. The molecule has 0 radical (unpaired) electrons. The van der Waals surface area contributed by atoms with E-state index in [2.05, 4.69) is 22.2 Å². The Balaban J connectivity index is 2.14. The van der Waals surface area contributed by atoms with E-state index >= 15 is 0 Å². The van der Waals surface area contributed by atoms with Gasteiger partial charge < -0.3 is 5.32 Å². The molecule has 18 heavy (non-hydrogen) atoms. The number of halogens is 1. The van der Waals surface area contributed by atoms with Crippen molar-refractivity contribution in [3.05, 3.63) is 47.4 Å². The Labute approximate surface area is 116 Å². The Morgan fingerprint density at radius 3 is 2.72 bits per heavy atom. The molecule has 2 aromatic rings. The second kappa shape index (κ2) is 6.18. The first-order valence-electron chi connectivity index (χ1n) is 5.62. The maximum atomic E-state index is 6.06. The summed E-state index contributed by atoms with van der Waals surface area (Å²) in [6.45, 7) is 2.07. The lowest BCUT2D eigenvalue weighted by molar-refractivity contribution is 0.631. The molecule has 0 amide bonds. The normalized spacial score (nSPS) is 12.4. The van der Waals surface area contributed by atoms with E-state index in [1.165, 1.54) is 11.8 Å². The van der Waals surface area contributed by atoms with Crippen LogP contribution in [0.5, 0.6) is 0 Å². The summed E-state index contributed by atoms with van der Waals surface area (Å²) in [5, 5.41) is 4.62. The highest BCUT2D eigenvalue weighted by Gasteiger charge is 2.06. The standard InChI is InChI=1S/C13H14ClN3S/c1-9(15-2)12-6-5-10(8-17-12)18-13-11(14)4-3-7-16-13/h3-9,15H,1-2H3. The molecule has 1 atom stereocenters. The van der Waals surface area contributed by atoms with E-state index in [0.717, 1.165) is 15.6 Å². The monoisotopic (exact) mass is 279 g/mol. The van der Waals surface area contributed by atoms with Crippen LogP contribution in [0.3, 0.4) is 0 Å². The molecule has 2 heterocycles. The lowest BCUT2D eigenvalue weighted by Crippen LogP contribution is -2.13. The third kappa shape index (κ3) is 3.22. The Morgan fingerprint density at radius 1 is 1.28 bits per heavy atom. The van der Waals surface area contributed by atoms with Gasteiger partial charge in [-0.2, -0.15) is 0 Å². The van der Waals surface area contributed by atoms with E-state index in [9.17, 15) is 0 Å². The summed E-state index contributed by atoms with van der Waals surface area (Å²) in [5.74, 6) is 0. The predicted octanol–water partition coefficient (Wildman–Crippen LogP) is 3.56. The fourth-order valence-electron chi connectivity index (χ4n) is 1.41. The van der Waals surface area contributed by atoms with Crippen LogP contribution in [0.4, 0.5) is 0 Å². The number of aromatic nitrogens is 2. The van der Waals surface area contributed by atoms with Gasteiger partial charge >= 0.3 is 0 Å². The maximum Gasteiger partial charge on any atom is 0.119 e. The quantitative estimate of drug-likeness (QED) is 0.929. The summed E-state index contributed by atoms with van der Waals surface area (Å²) in [7, 11) is 1.92. The molecule has 0 bridgehead atoms. The van der Waals surface area contributed by atoms with Crippen LogP contribution in [-0.4, -0.2) is 17.0 Å². The molecule has 0 saturated heterocycles. The second-order valence-electron chi connectivity index (χ2n) is 3.82. The number of hydrogen-bond donors (Lipinski definition) is 1. The van der Waals surface area contributed by atoms with Crippen LogP contribution in [0.2, 0.25) is 5.02 Å². The summed E-state index contributed by atoms with van der Waals surface area (Å²) >= 11 is 7.58. The van der Waals surface area contributed by atoms with Crippen molar-refractivity contribution in [3.63, 3.8) is 0 Å². The maximum absolute atomic E-state index is 6.06. The molecule has 3 nitrogen and oxygen atoms in total. The largest absolute Gasteiger partial charge is 0.312 e. The van der Waals surface area contributed by atoms with Crippen LogP contribution >= 0.6 is 23.4 Å². The third-order valence-electron chi connectivity index (χ3n) is 2.58. The van der Waals surface area contributed by atoms with Crippen molar-refractivity contribution in [1.82, 2.24) is 15.3 Å². The van der Waals surface area contributed by atoms with Gasteiger partial charge in [-0.1, -0.05) is 23.4 Å². The van der Waals surface area contributed by atoms with E-state index < -0.39 is 0 Å². The minimum absolute atomic E-state index is 0.252. The highest BCUT2D eigenvalue weighted by molar-refractivity contribution is 7.99. The summed E-state index contributed by atoms with van der Waals surface area (Å²) < 4.78 is 0. The van der Waals surface area contributed by atoms with E-state index in [1.54, 1.807) is 6.20 Å². The van der Waals surface area contributed by atoms with Gasteiger partial charge in [-0.05, 0) is 38.2 Å². The number of hydrogen-bond acceptors (Lipinski definition) is 4. The van der Waals surface area contributed by atoms with Crippen molar-refractivity contribution >= 4 is 23.4 Å². The van der Waals surface area contributed by atoms with E-state index in [-0.39, 0.29) is 6.04 Å². The highest BCUT2D eigenvalue weighted by Crippen LogP contribution is 2.30. The minimum atomic E-state index is 0.252. The van der Waals surface area contributed by atoms with Crippen molar-refractivity contribution in [1.29, 1.82) is 0 Å². The molecule has 0 aliphatic heterocycles. The zero-order valence-corrected chi connectivity index (χ0v) is 11.8. The van der Waals surface area contributed by atoms with E-state index in [1.807, 2.05) is 37.5 Å². The van der Waals surface area contributed by atoms with Gasteiger partial charge in [-0.25, -0.2) is 4.98 Å². The van der Waals surface area contributed by atoms with E-state index in [4.69, 9.17) is 11.6 Å². The van der Waals surface area contributed by atoms with Gasteiger partial charge in [0.25, 0.3) is 0 Å². The van der Waals surface area contributed by atoms with Gasteiger partial charge in [0.15, 0.2) is 0 Å². The molecule has 1 N–H and O–H groups in total. The van der Waals surface area contributed by atoms with Crippen LogP contribution in [0.1, 0.15) is 18.7 Å². The van der Waals surface area contributed by atoms with Crippen LogP contribution in [-0.2, 0) is 0 Å². The molecule has 0 saturated carbocycles. The molecule has 0 fully saturated rings. The average Bonchev–Trinajstić information content (AvgIpc) is 2.41. The van der Waals surface area contributed by atoms with Gasteiger partial charge in [-0.15, -0.1) is 0 Å². The van der Waals surface area contributed by atoms with Gasteiger partial charge in [0.1, 0.15) is 5.03 Å². The van der Waals surface area contributed by atoms with Crippen LogP contribution in [0, 0.1) is 0 Å². The first kappa shape index (κ1) is 13.3. The van der Waals surface area contributed by atoms with Gasteiger partial charge in [0.2, 0.25) is 0 Å². The predicted molar refractivity (Wildman–Crippen MR) is 75.1 cm³/mol. The summed E-state index contributed by atoms with van der Waals surface area (Å²) in [6.07, 6.45) is 3.58. The molecule has 5 heteroatoms. The fourth-order valence-corrected chi connectivity index (χ4v) is 2.40. The first-order chi connectivity index (χ1) is 8.70. The topological polar surface area (TPSA) is 37.8 Å². The number of nitrogens with one attached hydrogen (secondary N) is 1. The summed E-state index contributed by atoms with van der Waals surface area (Å²) in [5.41, 5.74) is 1.02. The zero-order chi connectivity index (χ0) is 13.0. The molecule has 0 spiro atoms. The van der Waals surface area contributed by atoms with E-state index in [0.29, 0.717) is 5.02 Å². The zero-order valence-electron chi connectivity index (χ0n) is 10.2. The van der Waals surface area contributed by atoms with Crippen molar-refractivity contribution in [3.8, 4) is 0 Å². The molecular formula is C13H14ClN3S. The number of nitrogens with zero attached hydrogens (tertiary/aromatic N) is 2. The highest BCUT2D eigenvalue weighted by atomic mass is 35.5. The van der Waals surface area contributed by atoms with Crippen molar-refractivity contribution < 1.29 is 0 Å². The summed E-state index contributed by atoms with van der Waals surface area (Å²) in [4.78, 5) is 9.69. The molecule has 1 unspecified atom stereocenters. The van der Waals surface area contributed by atoms with Crippen LogP contribution < -0.4 is 5.32 Å². The van der Waals surface area contributed by atoms with Crippen molar-refractivity contribution in [2.45, 2.75) is 22.9 Å². The summed E-state index contributed by atoms with van der Waals surface area (Å²) in [6, 6.07) is 7.96. The number of rotatable bonds is 4. The molecule has 2 rings (SSSR count). The lowest BCUT2D eigenvalue weighted by Gasteiger charge is -2.09. The Hall–Kier alpha value is -1.10. The molecular weight excluding hydrogens is 266 g/mol. The Bertz CT molecular complexity index is 516. The average molecular weight is 280 g/mol. The smallest absolute Gasteiger partial charge is 0.119 e. The fraction of sp³-hybridized carbons (Fsp3) is 0.231. The van der Waals surface area contributed by atoms with Crippen molar-refractivity contribution in [2.24, 2.45) is 0 Å². The van der Waals surface area contributed by atoms with Crippen LogP contribution in [0.25, 0.3) is 0 Å². The minimum Gasteiger partial charge on any atom is -0.312 e. The molecule has 0 aliphatic rings. The van der Waals surface area contributed by atoms with Gasteiger partial charge in [0, 0.05) is 23.3 Å². The molecule has 0 aromatic carbocycles. The van der Waals surface area contributed by atoms with Gasteiger partial charge in [0.05, 0.1) is 10.7 Å². The lowest BCUT2D eigenvalue weighted by atomic mass is 10.2. The van der Waals surface area contributed by atoms with Gasteiger partial charge in [-0.3, -0.25) is 4.98 Å². The Kier molecular flexibility index (Phi) is 4.58. The van der Waals surface area contributed by atoms with Crippen LogP contribution in [0.15, 0.2) is 46.6 Å². The third-order valence-corrected chi connectivity index (χ3v) is 3.99. The van der Waals surface area contributed by atoms with Crippen molar-refractivity contribution in [2.75, 3.05) is 7.05 Å². The Morgan fingerprint density at radius 2 is 2.11 bits per heavy atom. The molecule has 94 valence electrons. The first-order valence-corrected chi connectivity index (χ1v) is 6.81. The molecule has 0 aliphatic carbocycles. The second-order valence-corrected chi connectivity index (χ2v) is 5.29.